The Bertz CT molecular complexity index is 492. The number of hydrogen-bond donors (Lipinski definition) is 8. The Hall–Kier alpha value is 1.44. The van der Waals surface area contributed by atoms with Gasteiger partial charge in [0.25, 0.3) is 0 Å². The first-order chi connectivity index (χ1) is 10.4. The molecule has 0 atom stereocenters. The van der Waals surface area contributed by atoms with E-state index in [1.165, 1.54) is 0 Å². The monoisotopic (exact) mass is 644 g/mol. The molecule has 0 bridgehead atoms. The molecule has 0 saturated carbocycles. The summed E-state index contributed by atoms with van der Waals surface area (Å²) < 4.78 is 43.9. The Balaban J connectivity index is 0. The first kappa shape index (κ1) is 28.6. The molecular weight excluding hydrogens is 623 g/mol. The van der Waals surface area contributed by atoms with Crippen LogP contribution in [0.25, 0.3) is 0 Å². The zero-order chi connectivity index (χ0) is 19.4. The van der Waals surface area contributed by atoms with Crippen molar-refractivity contribution in [1.29, 1.82) is 0 Å². The van der Waals surface area contributed by atoms with Crippen molar-refractivity contribution in [1.82, 2.24) is 9.80 Å². The molecule has 19 heteroatoms. The van der Waals surface area contributed by atoms with Crippen LogP contribution in [0.3, 0.4) is 0 Å². The molecule has 2 radical (unpaired) electrons. The minimum absolute atomic E-state index is 0. The zero-order valence-corrected chi connectivity index (χ0v) is 20.1. The summed E-state index contributed by atoms with van der Waals surface area (Å²) in [6.45, 7) is -1.01. The SMILES string of the molecule is O=P(O)(O)CN(CCN(CP(=O)(O)O)CP(=O)(O)O)CP(=O)(O)O.[Pb+2]. The van der Waals surface area contributed by atoms with Gasteiger partial charge in [-0.05, 0) is 0 Å². The summed E-state index contributed by atoms with van der Waals surface area (Å²) in [5, 5.41) is 0. The van der Waals surface area contributed by atoms with Gasteiger partial charge >= 0.3 is 57.7 Å². The fourth-order valence-corrected chi connectivity index (χ4v) is 5.06. The molecule has 25 heavy (non-hydrogen) atoms. The normalized spacial score (nSPS) is 14.0. The summed E-state index contributed by atoms with van der Waals surface area (Å²) in [7, 11) is -18.8. The smallest absolute Gasteiger partial charge is 0.324 e. The van der Waals surface area contributed by atoms with Crippen molar-refractivity contribution in [3.8, 4) is 0 Å². The molecule has 0 heterocycles. The van der Waals surface area contributed by atoms with Gasteiger partial charge in [-0.3, -0.25) is 28.1 Å². The van der Waals surface area contributed by atoms with E-state index in [0.717, 1.165) is 0 Å². The van der Waals surface area contributed by atoms with E-state index in [1.807, 2.05) is 0 Å². The van der Waals surface area contributed by atoms with Crippen molar-refractivity contribution < 1.29 is 57.4 Å². The second kappa shape index (κ2) is 10.8. The van der Waals surface area contributed by atoms with Gasteiger partial charge in [-0.15, -0.1) is 0 Å². The van der Waals surface area contributed by atoms with E-state index < -0.39 is 68.6 Å². The summed E-state index contributed by atoms with van der Waals surface area (Å²) in [6, 6.07) is 0. The van der Waals surface area contributed by atoms with Crippen LogP contribution in [0, 0.1) is 0 Å². The van der Waals surface area contributed by atoms with Gasteiger partial charge in [0.1, 0.15) is 25.1 Å². The first-order valence-corrected chi connectivity index (χ1v) is 13.2. The van der Waals surface area contributed by atoms with E-state index in [2.05, 4.69) is 0 Å². The molecule has 0 amide bonds. The summed E-state index contributed by atoms with van der Waals surface area (Å²) in [6.07, 6.45) is -4.18. The molecule has 0 rings (SSSR count). The van der Waals surface area contributed by atoms with Crippen LogP contribution in [-0.4, -0.2) is 114 Å². The Labute approximate surface area is 163 Å². The fourth-order valence-electron chi connectivity index (χ4n) is 1.70. The molecule has 0 aromatic heterocycles. The van der Waals surface area contributed by atoms with Gasteiger partial charge in [-0.2, -0.15) is 0 Å². The Morgan fingerprint density at radius 1 is 0.480 bits per heavy atom. The van der Waals surface area contributed by atoms with Crippen molar-refractivity contribution >= 4 is 57.7 Å². The topological polar surface area (TPSA) is 237 Å². The molecule has 0 aromatic carbocycles. The molecule has 0 aromatic rings. The minimum Gasteiger partial charge on any atom is -0.324 e. The zero-order valence-electron chi connectivity index (χ0n) is 12.6. The standard InChI is InChI=1S/C6H20N2O12P4.Pb/c9-21(10,11)3-7(4-22(12,13)14)1-2-8(5-23(15,16)17)6-24(18,19)20;/h1-6H2,(H2,9,10,11)(H2,12,13,14)(H2,15,16,17)(H2,18,19,20);/q;+2. The van der Waals surface area contributed by atoms with E-state index in [0.29, 0.717) is 9.80 Å². The quantitative estimate of drug-likeness (QED) is 0.0878. The molecule has 0 saturated heterocycles. The van der Waals surface area contributed by atoms with E-state index in [9.17, 15) is 18.3 Å². The van der Waals surface area contributed by atoms with Crippen molar-refractivity contribution in [3.63, 3.8) is 0 Å². The average Bonchev–Trinajstić information content (AvgIpc) is 2.16. The number of rotatable bonds is 11. The third-order valence-electron chi connectivity index (χ3n) is 2.27. The van der Waals surface area contributed by atoms with Crippen LogP contribution in [0.5, 0.6) is 0 Å². The van der Waals surface area contributed by atoms with Crippen molar-refractivity contribution in [2.24, 2.45) is 0 Å². The summed E-state index contributed by atoms with van der Waals surface area (Å²) in [4.78, 5) is 72.3. The Morgan fingerprint density at radius 3 is 0.760 bits per heavy atom. The summed E-state index contributed by atoms with van der Waals surface area (Å²) in [5.41, 5.74) is 0. The molecule has 14 nitrogen and oxygen atoms in total. The van der Waals surface area contributed by atoms with Gasteiger partial charge in [-0.25, -0.2) is 0 Å². The maximum absolute atomic E-state index is 11.0. The van der Waals surface area contributed by atoms with Crippen LogP contribution in [0.4, 0.5) is 0 Å². The van der Waals surface area contributed by atoms with Crippen LogP contribution >= 0.6 is 30.4 Å². The Morgan fingerprint density at radius 2 is 0.640 bits per heavy atom. The number of hydrogen-bond acceptors (Lipinski definition) is 6. The second-order valence-corrected chi connectivity index (χ2v) is 11.5. The fraction of sp³-hybridized carbons (Fsp3) is 1.00. The third kappa shape index (κ3) is 20.0. The largest absolute Gasteiger partial charge is 2.00 e. The van der Waals surface area contributed by atoms with E-state index in [4.69, 9.17) is 39.1 Å². The average molecular weight is 643 g/mol. The molecule has 148 valence electrons. The van der Waals surface area contributed by atoms with Gasteiger partial charge in [-0.1, -0.05) is 0 Å². The van der Waals surface area contributed by atoms with Crippen LogP contribution in [-0.2, 0) is 18.3 Å². The maximum atomic E-state index is 11.0. The van der Waals surface area contributed by atoms with Crippen LogP contribution < -0.4 is 0 Å². The molecule has 8 N–H and O–H groups in total. The third-order valence-corrected chi connectivity index (χ3v) is 5.34. The number of nitrogens with zero attached hydrogens (tertiary/aromatic N) is 2. The first-order valence-electron chi connectivity index (χ1n) is 5.99. The summed E-state index contributed by atoms with van der Waals surface area (Å²) >= 11 is 0. The van der Waals surface area contributed by atoms with E-state index in [-0.39, 0.29) is 27.3 Å². The minimum atomic E-state index is -4.69. The molecule has 0 aliphatic heterocycles. The van der Waals surface area contributed by atoms with Crippen molar-refractivity contribution in [2.75, 3.05) is 38.2 Å². The van der Waals surface area contributed by atoms with Crippen molar-refractivity contribution in [3.05, 3.63) is 0 Å². The van der Waals surface area contributed by atoms with Crippen LogP contribution in [0.2, 0.25) is 0 Å². The Kier molecular flexibility index (Phi) is 12.4. The maximum Gasteiger partial charge on any atom is 2.00 e. The van der Waals surface area contributed by atoms with E-state index >= 15 is 0 Å². The van der Waals surface area contributed by atoms with Gasteiger partial charge in [0.05, 0.1) is 0 Å². The predicted octanol–water partition coefficient (Wildman–Crippen LogP) is -2.25. The molecule has 0 fully saturated rings. The van der Waals surface area contributed by atoms with Gasteiger partial charge in [0.15, 0.2) is 0 Å². The van der Waals surface area contributed by atoms with Gasteiger partial charge in [0, 0.05) is 13.1 Å². The van der Waals surface area contributed by atoms with E-state index in [1.54, 1.807) is 0 Å². The van der Waals surface area contributed by atoms with Crippen molar-refractivity contribution in [2.45, 2.75) is 0 Å². The molecular formula is C6H20N2O12P4Pb+2. The predicted molar refractivity (Wildman–Crippen MR) is 86.8 cm³/mol. The molecule has 0 spiro atoms. The molecule has 0 unspecified atom stereocenters. The van der Waals surface area contributed by atoms with Gasteiger partial charge in [0.2, 0.25) is 0 Å². The van der Waals surface area contributed by atoms with Gasteiger partial charge < -0.3 is 39.1 Å². The molecule has 0 aliphatic carbocycles. The summed E-state index contributed by atoms with van der Waals surface area (Å²) in [5.74, 6) is 0. The van der Waals surface area contributed by atoms with Crippen LogP contribution in [0.1, 0.15) is 0 Å². The molecule has 0 aliphatic rings. The second-order valence-electron chi connectivity index (χ2n) is 5.01. The van der Waals surface area contributed by atoms with Crippen LogP contribution in [0.15, 0.2) is 0 Å².